The number of rotatable bonds is 0. The molecule has 0 aliphatic heterocycles. The average Bonchev–Trinajstić information content (AvgIpc) is 2.34. The topological polar surface area (TPSA) is 98.6 Å². The zero-order chi connectivity index (χ0) is 12.0. The molecule has 6 heteroatoms. The summed E-state index contributed by atoms with van der Waals surface area (Å²) in [5.41, 5.74) is -1.05. The molecule has 0 atom stereocenters. The first-order valence-corrected chi connectivity index (χ1v) is 4.94. The summed E-state index contributed by atoms with van der Waals surface area (Å²) in [5.74, 6) is 0. The Balaban J connectivity index is 2.80. The van der Waals surface area contributed by atoms with Gasteiger partial charge in [0, 0.05) is 10.9 Å². The van der Waals surface area contributed by atoms with Gasteiger partial charge in [0.2, 0.25) is 5.43 Å². The highest BCUT2D eigenvalue weighted by atomic mass is 16.2. The van der Waals surface area contributed by atoms with Gasteiger partial charge >= 0.3 is 0 Å². The fourth-order valence-electron chi connectivity index (χ4n) is 1.86. The first-order chi connectivity index (χ1) is 8.18. The third-order valence-electron chi connectivity index (χ3n) is 2.65. The Morgan fingerprint density at radius 1 is 0.882 bits per heavy atom. The predicted molar refractivity (Wildman–Crippen MR) is 63.3 cm³/mol. The summed E-state index contributed by atoms with van der Waals surface area (Å²) in [6, 6.07) is 6.72. The van der Waals surface area contributed by atoms with Crippen molar-refractivity contribution >= 4 is 21.8 Å². The van der Waals surface area contributed by atoms with Crippen LogP contribution < -0.4 is 16.5 Å². The molecule has 0 aliphatic rings. The lowest BCUT2D eigenvalue weighted by atomic mass is 10.1. The van der Waals surface area contributed by atoms with E-state index in [9.17, 15) is 14.4 Å². The van der Waals surface area contributed by atoms with Crippen LogP contribution in [0.5, 0.6) is 0 Å². The molecule has 6 nitrogen and oxygen atoms in total. The summed E-state index contributed by atoms with van der Waals surface area (Å²) in [5, 5.41) is 4.55. The Hall–Kier alpha value is -2.63. The number of pyridine rings is 1. The molecule has 0 spiro atoms. The van der Waals surface area contributed by atoms with E-state index in [1.165, 1.54) is 0 Å². The SMILES string of the molecule is O=c1[nH][nH]c(=O)c2c(=O)c3ccccc3[nH]c12. The highest BCUT2D eigenvalue weighted by molar-refractivity contribution is 5.91. The van der Waals surface area contributed by atoms with Crippen LogP contribution in [-0.4, -0.2) is 15.2 Å². The lowest BCUT2D eigenvalue weighted by Gasteiger charge is -2.00. The molecule has 3 rings (SSSR count). The van der Waals surface area contributed by atoms with Crippen LogP contribution in [0.4, 0.5) is 0 Å². The van der Waals surface area contributed by atoms with Crippen LogP contribution in [0.25, 0.3) is 21.8 Å². The van der Waals surface area contributed by atoms with Gasteiger partial charge in [-0.1, -0.05) is 12.1 Å². The number of aromatic nitrogens is 3. The molecule has 3 aromatic rings. The molecule has 0 amide bonds. The third kappa shape index (κ3) is 1.24. The standard InChI is InChI=1S/C11H7N3O3/c15-9-5-3-1-2-4-6(5)12-8-7(9)10(16)13-14-11(8)17/h1-4H,(H,12,15)(H,13,16)(H,14,17). The van der Waals surface area contributed by atoms with E-state index in [1.54, 1.807) is 24.3 Å². The van der Waals surface area contributed by atoms with Gasteiger partial charge in [0.25, 0.3) is 11.1 Å². The minimum Gasteiger partial charge on any atom is -0.350 e. The molecule has 0 bridgehead atoms. The second-order valence-electron chi connectivity index (χ2n) is 3.66. The van der Waals surface area contributed by atoms with Gasteiger partial charge in [-0.3, -0.25) is 24.6 Å². The Morgan fingerprint density at radius 2 is 1.59 bits per heavy atom. The van der Waals surface area contributed by atoms with E-state index >= 15 is 0 Å². The number of aromatic amines is 3. The van der Waals surface area contributed by atoms with Gasteiger partial charge in [-0.2, -0.15) is 0 Å². The smallest absolute Gasteiger partial charge is 0.287 e. The van der Waals surface area contributed by atoms with Crippen molar-refractivity contribution < 1.29 is 0 Å². The molecule has 0 unspecified atom stereocenters. The molecule has 2 aromatic heterocycles. The summed E-state index contributed by atoms with van der Waals surface area (Å²) in [4.78, 5) is 37.9. The molecular formula is C11H7N3O3. The van der Waals surface area contributed by atoms with Crippen molar-refractivity contribution in [2.75, 3.05) is 0 Å². The Bertz CT molecular complexity index is 901. The Morgan fingerprint density at radius 3 is 2.41 bits per heavy atom. The van der Waals surface area contributed by atoms with Crippen molar-refractivity contribution in [2.45, 2.75) is 0 Å². The molecule has 0 radical (unpaired) electrons. The molecule has 17 heavy (non-hydrogen) atoms. The number of nitrogens with one attached hydrogen (secondary N) is 3. The monoisotopic (exact) mass is 229 g/mol. The van der Waals surface area contributed by atoms with Crippen LogP contribution in [0.1, 0.15) is 0 Å². The quantitative estimate of drug-likeness (QED) is 0.475. The fraction of sp³-hybridized carbons (Fsp3) is 0. The number of hydrogen-bond acceptors (Lipinski definition) is 3. The van der Waals surface area contributed by atoms with E-state index in [2.05, 4.69) is 15.2 Å². The van der Waals surface area contributed by atoms with E-state index in [1.807, 2.05) is 0 Å². The van der Waals surface area contributed by atoms with Gasteiger partial charge < -0.3 is 4.98 Å². The number of fused-ring (bicyclic) bond motifs is 2. The fourth-order valence-corrected chi connectivity index (χ4v) is 1.86. The minimum atomic E-state index is -0.605. The third-order valence-corrected chi connectivity index (χ3v) is 2.65. The molecule has 3 N–H and O–H groups in total. The van der Waals surface area contributed by atoms with Gasteiger partial charge in [0.05, 0.1) is 0 Å². The van der Waals surface area contributed by atoms with Crippen molar-refractivity contribution in [3.63, 3.8) is 0 Å². The minimum absolute atomic E-state index is 0.00236. The van der Waals surface area contributed by atoms with Crippen molar-refractivity contribution in [3.8, 4) is 0 Å². The summed E-state index contributed by atoms with van der Waals surface area (Å²) in [7, 11) is 0. The molecule has 0 saturated heterocycles. The van der Waals surface area contributed by atoms with Gasteiger partial charge in [-0.05, 0) is 12.1 Å². The molecule has 0 fully saturated rings. The zero-order valence-electron chi connectivity index (χ0n) is 8.53. The predicted octanol–water partition coefficient (Wildman–Crippen LogP) is 0.0579. The van der Waals surface area contributed by atoms with E-state index in [-0.39, 0.29) is 10.9 Å². The first kappa shape index (κ1) is 9.59. The number of H-pyrrole nitrogens is 3. The van der Waals surface area contributed by atoms with Gasteiger partial charge in [0.15, 0.2) is 0 Å². The molecule has 2 heterocycles. The Labute approximate surface area is 92.9 Å². The van der Waals surface area contributed by atoms with Crippen molar-refractivity contribution in [2.24, 2.45) is 0 Å². The number of benzene rings is 1. The van der Waals surface area contributed by atoms with Crippen LogP contribution in [0.3, 0.4) is 0 Å². The average molecular weight is 229 g/mol. The molecular weight excluding hydrogens is 222 g/mol. The summed E-state index contributed by atoms with van der Waals surface area (Å²) in [6.45, 7) is 0. The summed E-state index contributed by atoms with van der Waals surface area (Å²) >= 11 is 0. The van der Waals surface area contributed by atoms with E-state index in [0.29, 0.717) is 10.9 Å². The lowest BCUT2D eigenvalue weighted by Crippen LogP contribution is -2.25. The van der Waals surface area contributed by atoms with Crippen LogP contribution >= 0.6 is 0 Å². The van der Waals surface area contributed by atoms with Gasteiger partial charge in [-0.15, -0.1) is 0 Å². The van der Waals surface area contributed by atoms with Crippen LogP contribution in [0, 0.1) is 0 Å². The van der Waals surface area contributed by atoms with Crippen molar-refractivity contribution in [3.05, 3.63) is 55.2 Å². The molecule has 1 aromatic carbocycles. The highest BCUT2D eigenvalue weighted by Crippen LogP contribution is 2.08. The van der Waals surface area contributed by atoms with Gasteiger partial charge in [0.1, 0.15) is 10.9 Å². The van der Waals surface area contributed by atoms with Crippen LogP contribution in [0.2, 0.25) is 0 Å². The zero-order valence-corrected chi connectivity index (χ0v) is 8.53. The molecule has 0 saturated carbocycles. The second-order valence-corrected chi connectivity index (χ2v) is 3.66. The number of para-hydroxylation sites is 1. The van der Waals surface area contributed by atoms with Crippen molar-refractivity contribution in [1.82, 2.24) is 15.2 Å². The lowest BCUT2D eigenvalue weighted by molar-refractivity contribution is 0.970. The second kappa shape index (κ2) is 3.18. The van der Waals surface area contributed by atoms with Crippen LogP contribution in [0.15, 0.2) is 38.6 Å². The summed E-state index contributed by atoms with van der Waals surface area (Å²) in [6.07, 6.45) is 0. The van der Waals surface area contributed by atoms with Crippen molar-refractivity contribution in [1.29, 1.82) is 0 Å². The highest BCUT2D eigenvalue weighted by Gasteiger charge is 2.10. The van der Waals surface area contributed by atoms with Crippen LogP contribution in [-0.2, 0) is 0 Å². The van der Waals surface area contributed by atoms with E-state index in [4.69, 9.17) is 0 Å². The normalized spacial score (nSPS) is 11.1. The maximum absolute atomic E-state index is 12.1. The number of hydrogen-bond donors (Lipinski definition) is 3. The van der Waals surface area contributed by atoms with E-state index < -0.39 is 16.5 Å². The van der Waals surface area contributed by atoms with Gasteiger partial charge in [-0.25, -0.2) is 0 Å². The molecule has 0 aliphatic carbocycles. The maximum atomic E-state index is 12.1. The largest absolute Gasteiger partial charge is 0.350 e. The van der Waals surface area contributed by atoms with E-state index in [0.717, 1.165) is 0 Å². The molecule has 84 valence electrons. The Kier molecular flexibility index (Phi) is 1.79. The first-order valence-electron chi connectivity index (χ1n) is 4.94. The summed E-state index contributed by atoms with van der Waals surface area (Å²) < 4.78 is 0. The maximum Gasteiger partial charge on any atom is 0.287 e.